The molecule has 1 atom stereocenters. The summed E-state index contributed by atoms with van der Waals surface area (Å²) in [6.45, 7) is 12.9. The average molecular weight is 258 g/mol. The predicted molar refractivity (Wildman–Crippen MR) is 80.0 cm³/mol. The van der Waals surface area contributed by atoms with Crippen molar-refractivity contribution in [3.05, 3.63) is 0 Å². The first-order valence-electron chi connectivity index (χ1n) is 7.24. The minimum Gasteiger partial charge on any atom is -0.311 e. The minimum atomic E-state index is 0.420. The maximum absolute atomic E-state index is 3.66. The van der Waals surface area contributed by atoms with Gasteiger partial charge in [0.25, 0.3) is 0 Å². The molecule has 0 bridgehead atoms. The van der Waals surface area contributed by atoms with Crippen LogP contribution < -0.4 is 5.32 Å². The maximum atomic E-state index is 3.66. The molecule has 17 heavy (non-hydrogen) atoms. The zero-order valence-corrected chi connectivity index (χ0v) is 12.9. The standard InChI is InChI=1S/C14H30N2S/c1-5-14(6-2)12-15-13(4)11-16(14)9-8-10-17-7-3/h13,15H,5-12H2,1-4H3. The second kappa shape index (κ2) is 7.65. The van der Waals surface area contributed by atoms with Crippen LogP contribution in [0.25, 0.3) is 0 Å². The fourth-order valence-corrected chi connectivity index (χ4v) is 3.46. The summed E-state index contributed by atoms with van der Waals surface area (Å²) in [5.74, 6) is 2.57. The highest BCUT2D eigenvalue weighted by Gasteiger charge is 2.37. The molecule has 1 unspecified atom stereocenters. The highest BCUT2D eigenvalue weighted by atomic mass is 32.2. The summed E-state index contributed by atoms with van der Waals surface area (Å²) in [5.41, 5.74) is 0.420. The molecule has 1 rings (SSSR count). The molecule has 3 heteroatoms. The first-order chi connectivity index (χ1) is 8.18. The summed E-state index contributed by atoms with van der Waals surface area (Å²) in [4.78, 5) is 2.75. The summed E-state index contributed by atoms with van der Waals surface area (Å²) in [6, 6.07) is 0.653. The monoisotopic (exact) mass is 258 g/mol. The molecule has 2 nitrogen and oxygen atoms in total. The van der Waals surface area contributed by atoms with Gasteiger partial charge in [0, 0.05) is 24.7 Å². The number of nitrogens with zero attached hydrogens (tertiary/aromatic N) is 1. The summed E-state index contributed by atoms with van der Waals surface area (Å²) < 4.78 is 0. The Morgan fingerprint density at radius 2 is 2.00 bits per heavy atom. The van der Waals surface area contributed by atoms with Crippen molar-refractivity contribution < 1.29 is 0 Å². The molecule has 1 N–H and O–H groups in total. The van der Waals surface area contributed by atoms with E-state index in [4.69, 9.17) is 0 Å². The highest BCUT2D eigenvalue weighted by molar-refractivity contribution is 7.99. The summed E-state index contributed by atoms with van der Waals surface area (Å²) >= 11 is 2.07. The van der Waals surface area contributed by atoms with Gasteiger partial charge in [0.15, 0.2) is 0 Å². The number of rotatable bonds is 7. The number of hydrogen-bond acceptors (Lipinski definition) is 3. The van der Waals surface area contributed by atoms with E-state index in [9.17, 15) is 0 Å². The quantitative estimate of drug-likeness (QED) is 0.707. The summed E-state index contributed by atoms with van der Waals surface area (Å²) in [7, 11) is 0. The van der Waals surface area contributed by atoms with Gasteiger partial charge in [0.05, 0.1) is 0 Å². The average Bonchev–Trinajstić information content (AvgIpc) is 2.36. The van der Waals surface area contributed by atoms with Crippen molar-refractivity contribution in [2.45, 2.75) is 58.5 Å². The second-order valence-electron chi connectivity index (χ2n) is 5.21. The van der Waals surface area contributed by atoms with Crippen molar-refractivity contribution in [1.29, 1.82) is 0 Å². The molecule has 1 aliphatic rings. The lowest BCUT2D eigenvalue weighted by Gasteiger charge is -2.49. The Hall–Kier alpha value is 0.270. The lowest BCUT2D eigenvalue weighted by atomic mass is 9.87. The molecule has 0 aromatic heterocycles. The molecular weight excluding hydrogens is 228 g/mol. The topological polar surface area (TPSA) is 15.3 Å². The van der Waals surface area contributed by atoms with Crippen molar-refractivity contribution in [3.8, 4) is 0 Å². The highest BCUT2D eigenvalue weighted by Crippen LogP contribution is 2.27. The third kappa shape index (κ3) is 4.15. The Labute approximate surface area is 112 Å². The fraction of sp³-hybridized carbons (Fsp3) is 1.00. The van der Waals surface area contributed by atoms with Gasteiger partial charge in [-0.2, -0.15) is 11.8 Å². The van der Waals surface area contributed by atoms with Gasteiger partial charge in [-0.05, 0) is 44.2 Å². The van der Waals surface area contributed by atoms with E-state index in [0.717, 1.165) is 0 Å². The molecule has 0 radical (unpaired) electrons. The van der Waals surface area contributed by atoms with Crippen LogP contribution in [-0.4, -0.2) is 47.6 Å². The van der Waals surface area contributed by atoms with E-state index in [1.54, 1.807) is 0 Å². The molecular formula is C14H30N2S. The van der Waals surface area contributed by atoms with Gasteiger partial charge in [0.2, 0.25) is 0 Å². The molecule has 0 aromatic rings. The summed E-state index contributed by atoms with van der Waals surface area (Å²) in [6.07, 6.45) is 3.88. The van der Waals surface area contributed by atoms with Crippen LogP contribution >= 0.6 is 11.8 Å². The van der Waals surface area contributed by atoms with E-state index in [0.29, 0.717) is 11.6 Å². The molecule has 0 amide bonds. The van der Waals surface area contributed by atoms with Crippen LogP contribution in [0.15, 0.2) is 0 Å². The van der Waals surface area contributed by atoms with Crippen LogP contribution in [0.4, 0.5) is 0 Å². The third-order valence-electron chi connectivity index (χ3n) is 4.18. The molecule has 0 saturated carbocycles. The smallest absolute Gasteiger partial charge is 0.0329 e. The normalized spacial score (nSPS) is 25.1. The Morgan fingerprint density at radius 3 is 2.59 bits per heavy atom. The van der Waals surface area contributed by atoms with E-state index >= 15 is 0 Å². The van der Waals surface area contributed by atoms with Crippen LogP contribution in [0.2, 0.25) is 0 Å². The van der Waals surface area contributed by atoms with Crippen LogP contribution in [0.3, 0.4) is 0 Å². The number of thioether (sulfide) groups is 1. The zero-order valence-electron chi connectivity index (χ0n) is 12.1. The Kier molecular flexibility index (Phi) is 6.90. The van der Waals surface area contributed by atoms with Gasteiger partial charge >= 0.3 is 0 Å². The second-order valence-corrected chi connectivity index (χ2v) is 6.60. The molecule has 102 valence electrons. The molecule has 0 spiro atoms. The van der Waals surface area contributed by atoms with Gasteiger partial charge in [-0.15, -0.1) is 0 Å². The minimum absolute atomic E-state index is 0.420. The van der Waals surface area contributed by atoms with Crippen LogP contribution in [-0.2, 0) is 0 Å². The lowest BCUT2D eigenvalue weighted by molar-refractivity contribution is 0.0354. The predicted octanol–water partition coefficient (Wildman–Crippen LogP) is 2.98. The molecule has 1 fully saturated rings. The third-order valence-corrected chi connectivity index (χ3v) is 5.17. The molecule has 1 heterocycles. The fourth-order valence-electron chi connectivity index (χ4n) is 2.84. The van der Waals surface area contributed by atoms with Gasteiger partial charge in [-0.25, -0.2) is 0 Å². The van der Waals surface area contributed by atoms with E-state index in [1.165, 1.54) is 50.4 Å². The molecule has 0 aromatic carbocycles. The number of hydrogen-bond donors (Lipinski definition) is 1. The van der Waals surface area contributed by atoms with Gasteiger partial charge in [-0.1, -0.05) is 20.8 Å². The van der Waals surface area contributed by atoms with Gasteiger partial charge in [0.1, 0.15) is 0 Å². The molecule has 0 aliphatic carbocycles. The van der Waals surface area contributed by atoms with E-state index < -0.39 is 0 Å². The Bertz CT molecular complexity index is 204. The first kappa shape index (κ1) is 15.3. The molecule has 1 aliphatic heterocycles. The number of piperazine rings is 1. The van der Waals surface area contributed by atoms with E-state index in [1.807, 2.05) is 0 Å². The van der Waals surface area contributed by atoms with Crippen LogP contribution in [0.5, 0.6) is 0 Å². The first-order valence-corrected chi connectivity index (χ1v) is 8.40. The van der Waals surface area contributed by atoms with Gasteiger partial charge in [-0.3, -0.25) is 4.90 Å². The van der Waals surface area contributed by atoms with Crippen molar-refractivity contribution >= 4 is 11.8 Å². The van der Waals surface area contributed by atoms with Crippen molar-refractivity contribution in [2.75, 3.05) is 31.1 Å². The lowest BCUT2D eigenvalue weighted by Crippen LogP contribution is -2.63. The van der Waals surface area contributed by atoms with Crippen molar-refractivity contribution in [2.24, 2.45) is 0 Å². The van der Waals surface area contributed by atoms with Crippen LogP contribution in [0, 0.1) is 0 Å². The van der Waals surface area contributed by atoms with E-state index in [-0.39, 0.29) is 0 Å². The zero-order chi connectivity index (χ0) is 12.7. The SMILES string of the molecule is CCSCCCN1CC(C)NCC1(CC)CC. The van der Waals surface area contributed by atoms with E-state index in [2.05, 4.69) is 49.7 Å². The largest absolute Gasteiger partial charge is 0.311 e. The van der Waals surface area contributed by atoms with Crippen molar-refractivity contribution in [3.63, 3.8) is 0 Å². The molecule has 1 saturated heterocycles. The Morgan fingerprint density at radius 1 is 1.29 bits per heavy atom. The van der Waals surface area contributed by atoms with Crippen molar-refractivity contribution in [1.82, 2.24) is 10.2 Å². The van der Waals surface area contributed by atoms with Gasteiger partial charge < -0.3 is 5.32 Å². The van der Waals surface area contributed by atoms with Crippen LogP contribution in [0.1, 0.15) is 47.0 Å². The Balaban J connectivity index is 2.49. The summed E-state index contributed by atoms with van der Waals surface area (Å²) in [5, 5.41) is 3.66. The number of nitrogens with one attached hydrogen (secondary N) is 1. The maximum Gasteiger partial charge on any atom is 0.0329 e.